The molecule has 0 fully saturated rings. The molecule has 6 heteroatoms. The molecule has 0 aliphatic heterocycles. The van der Waals surface area contributed by atoms with Crippen molar-refractivity contribution in [3.63, 3.8) is 0 Å². The topological polar surface area (TPSA) is 72.6 Å². The van der Waals surface area contributed by atoms with Crippen molar-refractivity contribution in [1.82, 2.24) is 5.16 Å². The Morgan fingerprint density at radius 1 is 1.44 bits per heavy atom. The first-order valence-electron chi connectivity index (χ1n) is 5.07. The molecule has 0 unspecified atom stereocenters. The fraction of sp³-hybridized carbons (Fsp3) is 0.167. The number of hydrogen-bond donors (Lipinski definition) is 1. The average molecular weight is 312 g/mol. The Hall–Kier alpha value is -1.82. The lowest BCUT2D eigenvalue weighted by molar-refractivity contribution is 0.0652. The lowest BCUT2D eigenvalue weighted by atomic mass is 10.1. The summed E-state index contributed by atoms with van der Waals surface area (Å²) in [5, 5.41) is 12.5. The van der Waals surface area contributed by atoms with Gasteiger partial charge in [0.1, 0.15) is 11.4 Å². The molecular weight excluding hydrogens is 302 g/mol. The quantitative estimate of drug-likeness (QED) is 0.942. The molecule has 0 aliphatic carbocycles. The lowest BCUT2D eigenvalue weighted by Gasteiger charge is -2.08. The molecule has 0 spiro atoms. The lowest BCUT2D eigenvalue weighted by Crippen LogP contribution is -1.92. The SMILES string of the molecule is COc1cc(-c2cc(C(=O)O)on2)c(Br)cc1C. The maximum absolute atomic E-state index is 10.7. The molecule has 0 aliphatic rings. The molecule has 18 heavy (non-hydrogen) atoms. The molecule has 0 saturated heterocycles. The van der Waals surface area contributed by atoms with Crippen molar-refractivity contribution in [1.29, 1.82) is 0 Å². The number of carboxylic acid groups (broad SMARTS) is 1. The minimum atomic E-state index is -1.15. The molecule has 5 nitrogen and oxygen atoms in total. The first kappa shape index (κ1) is 12.6. The summed E-state index contributed by atoms with van der Waals surface area (Å²) in [5.74, 6) is -0.645. The van der Waals surface area contributed by atoms with Crippen LogP contribution in [0.5, 0.6) is 5.75 Å². The Kier molecular flexibility index (Phi) is 3.38. The van der Waals surface area contributed by atoms with Gasteiger partial charge in [-0.1, -0.05) is 21.1 Å². The zero-order valence-electron chi connectivity index (χ0n) is 9.73. The van der Waals surface area contributed by atoms with Gasteiger partial charge in [-0.2, -0.15) is 0 Å². The predicted molar refractivity (Wildman–Crippen MR) is 67.9 cm³/mol. The molecule has 1 aromatic heterocycles. The van der Waals surface area contributed by atoms with Crippen LogP contribution in [0.4, 0.5) is 0 Å². The van der Waals surface area contributed by atoms with Crippen LogP contribution in [0.25, 0.3) is 11.3 Å². The van der Waals surface area contributed by atoms with E-state index >= 15 is 0 Å². The molecule has 0 saturated carbocycles. The Morgan fingerprint density at radius 3 is 2.72 bits per heavy atom. The van der Waals surface area contributed by atoms with Crippen LogP contribution in [0.3, 0.4) is 0 Å². The largest absolute Gasteiger partial charge is 0.496 e. The van der Waals surface area contributed by atoms with E-state index < -0.39 is 5.97 Å². The van der Waals surface area contributed by atoms with Gasteiger partial charge < -0.3 is 14.4 Å². The van der Waals surface area contributed by atoms with Crippen molar-refractivity contribution in [2.45, 2.75) is 6.92 Å². The van der Waals surface area contributed by atoms with Gasteiger partial charge >= 0.3 is 5.97 Å². The Morgan fingerprint density at radius 2 is 2.17 bits per heavy atom. The number of benzene rings is 1. The molecule has 1 aromatic carbocycles. The van der Waals surface area contributed by atoms with E-state index in [0.717, 1.165) is 10.0 Å². The molecule has 2 aromatic rings. The molecule has 0 atom stereocenters. The van der Waals surface area contributed by atoms with Crippen LogP contribution in [0.1, 0.15) is 16.1 Å². The number of aromatic nitrogens is 1. The van der Waals surface area contributed by atoms with E-state index in [0.29, 0.717) is 17.0 Å². The molecule has 1 heterocycles. The maximum atomic E-state index is 10.7. The monoisotopic (exact) mass is 311 g/mol. The third kappa shape index (κ3) is 2.24. The van der Waals surface area contributed by atoms with Gasteiger partial charge in [-0.25, -0.2) is 4.79 Å². The van der Waals surface area contributed by atoms with Crippen LogP contribution in [-0.4, -0.2) is 23.3 Å². The summed E-state index contributed by atoms with van der Waals surface area (Å²) in [6.07, 6.45) is 0. The number of hydrogen-bond acceptors (Lipinski definition) is 4. The second-order valence-electron chi connectivity index (χ2n) is 3.68. The van der Waals surface area contributed by atoms with Crippen molar-refractivity contribution in [2.24, 2.45) is 0 Å². The number of methoxy groups -OCH3 is 1. The number of rotatable bonds is 3. The Balaban J connectivity index is 2.52. The van der Waals surface area contributed by atoms with E-state index in [1.807, 2.05) is 13.0 Å². The van der Waals surface area contributed by atoms with E-state index in [2.05, 4.69) is 21.1 Å². The molecule has 0 radical (unpaired) electrons. The number of nitrogens with zero attached hydrogens (tertiary/aromatic N) is 1. The number of halogens is 1. The van der Waals surface area contributed by atoms with Crippen LogP contribution < -0.4 is 4.74 Å². The number of carbonyl (C=O) groups is 1. The third-order valence-electron chi connectivity index (χ3n) is 2.48. The second-order valence-corrected chi connectivity index (χ2v) is 4.54. The van der Waals surface area contributed by atoms with Crippen molar-refractivity contribution >= 4 is 21.9 Å². The van der Waals surface area contributed by atoms with Gasteiger partial charge in [0.15, 0.2) is 0 Å². The standard InChI is InChI=1S/C12H10BrNO4/c1-6-3-8(13)7(4-10(6)17-2)9-5-11(12(15)16)18-14-9/h3-5H,1-2H3,(H,15,16). The van der Waals surface area contributed by atoms with E-state index in [1.54, 1.807) is 13.2 Å². The third-order valence-corrected chi connectivity index (χ3v) is 3.14. The zero-order chi connectivity index (χ0) is 13.3. The number of carboxylic acids is 1. The van der Waals surface area contributed by atoms with Gasteiger partial charge in [-0.05, 0) is 24.6 Å². The second kappa shape index (κ2) is 4.81. The highest BCUT2D eigenvalue weighted by molar-refractivity contribution is 9.10. The molecule has 94 valence electrons. The molecule has 0 amide bonds. The first-order chi connectivity index (χ1) is 8.52. The van der Waals surface area contributed by atoms with Crippen LogP contribution in [0, 0.1) is 6.92 Å². The normalized spacial score (nSPS) is 10.4. The summed E-state index contributed by atoms with van der Waals surface area (Å²) >= 11 is 3.41. The van der Waals surface area contributed by atoms with E-state index in [-0.39, 0.29) is 5.76 Å². The summed E-state index contributed by atoms with van der Waals surface area (Å²) in [6.45, 7) is 1.92. The van der Waals surface area contributed by atoms with Crippen LogP contribution in [-0.2, 0) is 0 Å². The van der Waals surface area contributed by atoms with Gasteiger partial charge in [-0.3, -0.25) is 0 Å². The van der Waals surface area contributed by atoms with E-state index in [1.165, 1.54) is 6.07 Å². The van der Waals surface area contributed by atoms with E-state index in [4.69, 9.17) is 14.4 Å². The van der Waals surface area contributed by atoms with Crippen molar-refractivity contribution in [3.05, 3.63) is 34.0 Å². The fourth-order valence-electron chi connectivity index (χ4n) is 1.57. The van der Waals surface area contributed by atoms with Gasteiger partial charge in [0.25, 0.3) is 0 Å². The summed E-state index contributed by atoms with van der Waals surface area (Å²) in [6, 6.07) is 5.03. The number of aromatic carboxylic acids is 1. The van der Waals surface area contributed by atoms with Gasteiger partial charge in [0.2, 0.25) is 5.76 Å². The summed E-state index contributed by atoms with van der Waals surface area (Å²) in [5.41, 5.74) is 2.13. The first-order valence-corrected chi connectivity index (χ1v) is 5.86. The molecular formula is C12H10BrNO4. The van der Waals surface area contributed by atoms with Crippen LogP contribution >= 0.6 is 15.9 Å². The minimum absolute atomic E-state index is 0.198. The fourth-order valence-corrected chi connectivity index (χ4v) is 2.23. The van der Waals surface area contributed by atoms with Crippen molar-refractivity contribution < 1.29 is 19.2 Å². The predicted octanol–water partition coefficient (Wildman–Crippen LogP) is 3.12. The van der Waals surface area contributed by atoms with Crippen molar-refractivity contribution in [3.8, 4) is 17.0 Å². The number of aryl methyl sites for hydroxylation is 1. The van der Waals surface area contributed by atoms with Crippen LogP contribution in [0.2, 0.25) is 0 Å². The van der Waals surface area contributed by atoms with Gasteiger partial charge in [0, 0.05) is 16.1 Å². The molecule has 2 rings (SSSR count). The van der Waals surface area contributed by atoms with Crippen LogP contribution in [0.15, 0.2) is 27.2 Å². The summed E-state index contributed by atoms with van der Waals surface area (Å²) in [4.78, 5) is 10.7. The van der Waals surface area contributed by atoms with Crippen molar-refractivity contribution in [2.75, 3.05) is 7.11 Å². The highest BCUT2D eigenvalue weighted by Crippen LogP contribution is 2.33. The minimum Gasteiger partial charge on any atom is -0.496 e. The Labute approximate surface area is 111 Å². The average Bonchev–Trinajstić information content (AvgIpc) is 2.78. The smallest absolute Gasteiger partial charge is 0.374 e. The van der Waals surface area contributed by atoms with Gasteiger partial charge in [-0.15, -0.1) is 0 Å². The van der Waals surface area contributed by atoms with E-state index in [9.17, 15) is 4.79 Å². The molecule has 1 N–H and O–H groups in total. The number of ether oxygens (including phenoxy) is 1. The Bertz CT molecular complexity index is 606. The summed E-state index contributed by atoms with van der Waals surface area (Å²) in [7, 11) is 1.57. The summed E-state index contributed by atoms with van der Waals surface area (Å²) < 4.78 is 10.7. The zero-order valence-corrected chi connectivity index (χ0v) is 11.3. The highest BCUT2D eigenvalue weighted by Gasteiger charge is 2.15. The van der Waals surface area contributed by atoms with Gasteiger partial charge in [0.05, 0.1) is 7.11 Å². The molecule has 0 bridgehead atoms. The maximum Gasteiger partial charge on any atom is 0.374 e. The highest BCUT2D eigenvalue weighted by atomic mass is 79.9.